The number of aromatic nitrogens is 1. The third-order valence-corrected chi connectivity index (χ3v) is 5.18. The summed E-state index contributed by atoms with van der Waals surface area (Å²) in [6, 6.07) is 16.4. The Morgan fingerprint density at radius 1 is 1.04 bits per heavy atom. The Labute approximate surface area is 159 Å². The molecule has 2 heterocycles. The number of nitrogens with one attached hydrogen (secondary N) is 1. The van der Waals surface area contributed by atoms with E-state index in [0.717, 1.165) is 21.3 Å². The summed E-state index contributed by atoms with van der Waals surface area (Å²) in [5, 5.41) is 3.33. The van der Waals surface area contributed by atoms with E-state index in [9.17, 15) is 9.59 Å². The number of rotatable bonds is 4. The lowest BCUT2D eigenvalue weighted by atomic mass is 10.1. The summed E-state index contributed by atoms with van der Waals surface area (Å²) >= 11 is 1.43. The minimum absolute atomic E-state index is 0.00660. The first kappa shape index (κ1) is 17.2. The number of benzene rings is 2. The van der Waals surface area contributed by atoms with Gasteiger partial charge in [-0.1, -0.05) is 47.7 Å². The number of fused-ring (bicyclic) bond motifs is 1. The fourth-order valence-corrected chi connectivity index (χ4v) is 3.72. The highest BCUT2D eigenvalue weighted by molar-refractivity contribution is 7.22. The summed E-state index contributed by atoms with van der Waals surface area (Å²) in [6.45, 7) is 3.51. The average Bonchev–Trinajstić information content (AvgIpc) is 3.29. The third kappa shape index (κ3) is 3.39. The Balaban J connectivity index is 1.54. The van der Waals surface area contributed by atoms with Gasteiger partial charge < -0.3 is 4.42 Å². The van der Waals surface area contributed by atoms with Crippen LogP contribution in [-0.2, 0) is 0 Å². The molecule has 27 heavy (non-hydrogen) atoms. The lowest BCUT2D eigenvalue weighted by molar-refractivity contribution is 0.0994. The number of carbonyl (C=O) groups excluding carboxylic acids is 2. The molecule has 1 N–H and O–H groups in total. The van der Waals surface area contributed by atoms with Crippen molar-refractivity contribution in [2.75, 3.05) is 5.32 Å². The first-order valence-corrected chi connectivity index (χ1v) is 9.21. The van der Waals surface area contributed by atoms with Crippen molar-refractivity contribution in [1.29, 1.82) is 0 Å². The highest BCUT2D eigenvalue weighted by Gasteiger charge is 2.15. The molecular formula is C21H16N2O3S. The van der Waals surface area contributed by atoms with Gasteiger partial charge in [-0.25, -0.2) is 4.98 Å². The van der Waals surface area contributed by atoms with Gasteiger partial charge in [0.1, 0.15) is 5.76 Å². The number of nitrogens with zero attached hydrogens (tertiary/aromatic N) is 1. The Morgan fingerprint density at radius 3 is 2.52 bits per heavy atom. The molecule has 0 radical (unpaired) electrons. The number of thiazole rings is 1. The number of amides is 1. The van der Waals surface area contributed by atoms with Crippen molar-refractivity contribution >= 4 is 38.4 Å². The van der Waals surface area contributed by atoms with Crippen molar-refractivity contribution in [2.24, 2.45) is 0 Å². The molecule has 1 amide bonds. The fourth-order valence-electron chi connectivity index (χ4n) is 2.78. The minimum Gasteiger partial charge on any atom is -0.451 e. The highest BCUT2D eigenvalue weighted by atomic mass is 32.1. The quantitative estimate of drug-likeness (QED) is 0.489. The molecular weight excluding hydrogens is 360 g/mol. The Hall–Kier alpha value is -3.25. The van der Waals surface area contributed by atoms with Gasteiger partial charge in [-0.2, -0.15) is 0 Å². The van der Waals surface area contributed by atoms with Crippen molar-refractivity contribution in [2.45, 2.75) is 13.8 Å². The summed E-state index contributed by atoms with van der Waals surface area (Å²) in [7, 11) is 0. The number of Topliss-reactive ketones (excluding diaryl/α,β-unsaturated/α-hetero) is 1. The Morgan fingerprint density at radius 2 is 1.81 bits per heavy atom. The van der Waals surface area contributed by atoms with Crippen LogP contribution in [0.1, 0.15) is 33.4 Å². The van der Waals surface area contributed by atoms with Crippen molar-refractivity contribution in [3.05, 3.63) is 71.5 Å². The second kappa shape index (κ2) is 6.81. The summed E-state index contributed by atoms with van der Waals surface area (Å²) in [5.74, 6) is 0.428. The molecule has 0 aliphatic heterocycles. The molecule has 0 spiro atoms. The predicted molar refractivity (Wildman–Crippen MR) is 106 cm³/mol. The van der Waals surface area contributed by atoms with E-state index in [1.54, 1.807) is 36.4 Å². The molecule has 6 heteroatoms. The summed E-state index contributed by atoms with van der Waals surface area (Å²) < 4.78 is 6.71. The van der Waals surface area contributed by atoms with Crippen molar-refractivity contribution < 1.29 is 14.0 Å². The molecule has 4 aromatic rings. The SMILES string of the molecule is CC(=O)c1ccc(-c2ccc(C(=O)Nc3nc4c(C)cccc4s3)o2)cc1. The van der Waals surface area contributed by atoms with Crippen LogP contribution < -0.4 is 5.32 Å². The van der Waals surface area contributed by atoms with Crippen LogP contribution in [0.15, 0.2) is 59.0 Å². The first-order valence-electron chi connectivity index (χ1n) is 8.40. The van der Waals surface area contributed by atoms with Crippen LogP contribution in [0.25, 0.3) is 21.5 Å². The molecule has 0 unspecified atom stereocenters. The van der Waals surface area contributed by atoms with Gasteiger partial charge in [-0.3, -0.25) is 14.9 Å². The molecule has 2 aromatic heterocycles. The topological polar surface area (TPSA) is 72.2 Å². The fraction of sp³-hybridized carbons (Fsp3) is 0.0952. The maximum atomic E-state index is 12.5. The lowest BCUT2D eigenvalue weighted by Gasteiger charge is -2.00. The van der Waals surface area contributed by atoms with Gasteiger partial charge in [0, 0.05) is 11.1 Å². The molecule has 0 saturated carbocycles. The van der Waals surface area contributed by atoms with Crippen LogP contribution in [-0.4, -0.2) is 16.7 Å². The van der Waals surface area contributed by atoms with Crippen molar-refractivity contribution in [1.82, 2.24) is 4.98 Å². The van der Waals surface area contributed by atoms with Gasteiger partial charge in [0.15, 0.2) is 16.7 Å². The molecule has 0 aliphatic carbocycles. The number of anilines is 1. The van der Waals surface area contributed by atoms with E-state index in [2.05, 4.69) is 10.3 Å². The van der Waals surface area contributed by atoms with E-state index in [-0.39, 0.29) is 17.5 Å². The largest absolute Gasteiger partial charge is 0.451 e. The number of hydrogen-bond donors (Lipinski definition) is 1. The standard InChI is InChI=1S/C21H16N2O3S/c1-12-4-3-5-18-19(12)22-21(27-18)23-20(25)17-11-10-16(26-17)15-8-6-14(7-9-15)13(2)24/h3-11H,1-2H3,(H,22,23,25). The molecule has 0 atom stereocenters. The number of aryl methyl sites for hydroxylation is 1. The molecule has 2 aromatic carbocycles. The van der Waals surface area contributed by atoms with Crippen molar-refractivity contribution in [3.8, 4) is 11.3 Å². The van der Waals surface area contributed by atoms with E-state index in [4.69, 9.17) is 4.42 Å². The number of carbonyl (C=O) groups is 2. The third-order valence-electron chi connectivity index (χ3n) is 4.25. The van der Waals surface area contributed by atoms with E-state index in [1.165, 1.54) is 18.3 Å². The van der Waals surface area contributed by atoms with Crippen LogP contribution in [0.4, 0.5) is 5.13 Å². The molecule has 0 fully saturated rings. The average molecular weight is 376 g/mol. The number of hydrogen-bond acceptors (Lipinski definition) is 5. The van der Waals surface area contributed by atoms with Crippen LogP contribution in [0.5, 0.6) is 0 Å². The monoisotopic (exact) mass is 376 g/mol. The Bertz CT molecular complexity index is 1160. The van der Waals surface area contributed by atoms with Crippen LogP contribution in [0.2, 0.25) is 0 Å². The van der Waals surface area contributed by atoms with Gasteiger partial charge >= 0.3 is 0 Å². The predicted octanol–water partition coefficient (Wildman–Crippen LogP) is 5.32. The van der Waals surface area contributed by atoms with Gasteiger partial charge in [0.05, 0.1) is 10.2 Å². The van der Waals surface area contributed by atoms with E-state index in [1.807, 2.05) is 25.1 Å². The molecule has 134 valence electrons. The van der Waals surface area contributed by atoms with Crippen LogP contribution >= 0.6 is 11.3 Å². The molecule has 0 bridgehead atoms. The first-order chi connectivity index (χ1) is 13.0. The molecule has 0 aliphatic rings. The summed E-state index contributed by atoms with van der Waals surface area (Å²) in [6.07, 6.45) is 0. The highest BCUT2D eigenvalue weighted by Crippen LogP contribution is 2.29. The summed E-state index contributed by atoms with van der Waals surface area (Å²) in [4.78, 5) is 28.3. The van der Waals surface area contributed by atoms with Gasteiger partial charge in [-0.15, -0.1) is 0 Å². The van der Waals surface area contributed by atoms with E-state index in [0.29, 0.717) is 16.5 Å². The second-order valence-corrected chi connectivity index (χ2v) is 7.22. The minimum atomic E-state index is -0.349. The molecule has 4 rings (SSSR count). The number of furan rings is 1. The Kier molecular flexibility index (Phi) is 4.33. The lowest BCUT2D eigenvalue weighted by Crippen LogP contribution is -2.10. The van der Waals surface area contributed by atoms with Gasteiger partial charge in [0.2, 0.25) is 0 Å². The maximum Gasteiger partial charge on any atom is 0.293 e. The summed E-state index contributed by atoms with van der Waals surface area (Å²) in [5.41, 5.74) is 3.39. The zero-order valence-corrected chi connectivity index (χ0v) is 15.6. The van der Waals surface area contributed by atoms with E-state index >= 15 is 0 Å². The number of para-hydroxylation sites is 1. The van der Waals surface area contributed by atoms with E-state index < -0.39 is 0 Å². The molecule has 0 saturated heterocycles. The van der Waals surface area contributed by atoms with Crippen molar-refractivity contribution in [3.63, 3.8) is 0 Å². The normalized spacial score (nSPS) is 10.9. The maximum absolute atomic E-state index is 12.5. The molecule has 5 nitrogen and oxygen atoms in total. The van der Waals surface area contributed by atoms with Gasteiger partial charge in [0.25, 0.3) is 5.91 Å². The van der Waals surface area contributed by atoms with Crippen LogP contribution in [0.3, 0.4) is 0 Å². The zero-order valence-electron chi connectivity index (χ0n) is 14.8. The smallest absolute Gasteiger partial charge is 0.293 e. The zero-order chi connectivity index (χ0) is 19.0. The van der Waals surface area contributed by atoms with Gasteiger partial charge in [-0.05, 0) is 37.6 Å². The van der Waals surface area contributed by atoms with Crippen LogP contribution in [0, 0.1) is 6.92 Å². The number of ketones is 1. The second-order valence-electron chi connectivity index (χ2n) is 6.19.